The van der Waals surface area contributed by atoms with E-state index < -0.39 is 0 Å². The third-order valence-electron chi connectivity index (χ3n) is 1.40. The molecule has 3 heteroatoms. The number of amides is 1. The van der Waals surface area contributed by atoms with Crippen LogP contribution in [0.4, 0.5) is 0 Å². The van der Waals surface area contributed by atoms with Gasteiger partial charge in [0.05, 0.1) is 12.0 Å². The minimum absolute atomic E-state index is 0.0976. The van der Waals surface area contributed by atoms with E-state index in [9.17, 15) is 4.79 Å². The van der Waals surface area contributed by atoms with Gasteiger partial charge < -0.3 is 5.32 Å². The van der Waals surface area contributed by atoms with Gasteiger partial charge in [-0.25, -0.2) is 0 Å². The van der Waals surface area contributed by atoms with E-state index >= 15 is 0 Å². The molecule has 0 aromatic rings. The van der Waals surface area contributed by atoms with E-state index in [1.807, 2.05) is 13.0 Å². The quantitative estimate of drug-likeness (QED) is 0.641. The number of nitrogens with zero attached hydrogens (tertiary/aromatic N) is 1. The Morgan fingerprint density at radius 3 is 2.75 bits per heavy atom. The van der Waals surface area contributed by atoms with Gasteiger partial charge in [-0.3, -0.25) is 4.79 Å². The van der Waals surface area contributed by atoms with Crippen LogP contribution < -0.4 is 5.32 Å². The molecule has 0 heterocycles. The molecule has 3 nitrogen and oxygen atoms in total. The number of nitrogens with one attached hydrogen (secondary N) is 1. The summed E-state index contributed by atoms with van der Waals surface area (Å²) in [6.45, 7) is 5.94. The number of carbonyl (C=O) groups is 1. The minimum atomic E-state index is -0.201. The summed E-state index contributed by atoms with van der Waals surface area (Å²) in [5, 5.41) is 11.1. The minimum Gasteiger partial charge on any atom is -0.353 e. The fraction of sp³-hybridized carbons (Fsp3) is 0.556. The summed E-state index contributed by atoms with van der Waals surface area (Å²) in [5.74, 6) is -0.299. The number of nitriles is 1. The monoisotopic (exact) mass is 166 g/mol. The van der Waals surface area contributed by atoms with Crippen molar-refractivity contribution in [1.82, 2.24) is 5.32 Å². The molecule has 0 aliphatic carbocycles. The first-order valence-corrected chi connectivity index (χ1v) is 3.98. The van der Waals surface area contributed by atoms with Crippen molar-refractivity contribution in [2.24, 2.45) is 5.92 Å². The normalized spacial score (nSPS) is 13.3. The summed E-state index contributed by atoms with van der Waals surface area (Å²) in [4.78, 5) is 11.1. The van der Waals surface area contributed by atoms with Crippen molar-refractivity contribution in [3.63, 3.8) is 0 Å². The summed E-state index contributed by atoms with van der Waals surface area (Å²) in [6.07, 6.45) is 1.66. The van der Waals surface area contributed by atoms with Crippen LogP contribution in [0.5, 0.6) is 0 Å². The lowest BCUT2D eigenvalue weighted by molar-refractivity contribution is -0.117. The SMILES string of the molecule is CCNC(=O)/C(C)=C/C(C)C#N. The molecule has 0 saturated heterocycles. The van der Waals surface area contributed by atoms with Gasteiger partial charge in [-0.1, -0.05) is 6.08 Å². The Hall–Kier alpha value is -1.30. The number of allylic oxidation sites excluding steroid dienone is 1. The Morgan fingerprint density at radius 1 is 1.75 bits per heavy atom. The van der Waals surface area contributed by atoms with Crippen LogP contribution in [0.25, 0.3) is 0 Å². The second kappa shape index (κ2) is 5.36. The second-order valence-corrected chi connectivity index (χ2v) is 2.63. The fourth-order valence-electron chi connectivity index (χ4n) is 0.788. The van der Waals surface area contributed by atoms with Crippen molar-refractivity contribution in [2.45, 2.75) is 20.8 Å². The molecule has 1 unspecified atom stereocenters. The van der Waals surface area contributed by atoms with Gasteiger partial charge in [-0.15, -0.1) is 0 Å². The molecule has 66 valence electrons. The molecular weight excluding hydrogens is 152 g/mol. The van der Waals surface area contributed by atoms with E-state index in [1.54, 1.807) is 19.9 Å². The molecule has 0 saturated carbocycles. The van der Waals surface area contributed by atoms with Crippen LogP contribution in [0.1, 0.15) is 20.8 Å². The molecule has 1 atom stereocenters. The topological polar surface area (TPSA) is 52.9 Å². The summed E-state index contributed by atoms with van der Waals surface area (Å²) in [7, 11) is 0. The third-order valence-corrected chi connectivity index (χ3v) is 1.40. The van der Waals surface area contributed by atoms with Gasteiger partial charge in [0, 0.05) is 12.1 Å². The first-order valence-electron chi connectivity index (χ1n) is 3.98. The van der Waals surface area contributed by atoms with Gasteiger partial charge in [0.25, 0.3) is 0 Å². The van der Waals surface area contributed by atoms with E-state index in [1.165, 1.54) is 0 Å². The van der Waals surface area contributed by atoms with Crippen molar-refractivity contribution in [2.75, 3.05) is 6.54 Å². The Bertz CT molecular complexity index is 225. The maximum absolute atomic E-state index is 11.1. The highest BCUT2D eigenvalue weighted by Crippen LogP contribution is 2.00. The summed E-state index contributed by atoms with van der Waals surface area (Å²) >= 11 is 0. The molecule has 1 N–H and O–H groups in total. The maximum atomic E-state index is 11.1. The van der Waals surface area contributed by atoms with Crippen LogP contribution in [0, 0.1) is 17.2 Å². The summed E-state index contributed by atoms with van der Waals surface area (Å²) < 4.78 is 0. The molecule has 12 heavy (non-hydrogen) atoms. The average molecular weight is 166 g/mol. The smallest absolute Gasteiger partial charge is 0.246 e. The van der Waals surface area contributed by atoms with E-state index in [4.69, 9.17) is 5.26 Å². The van der Waals surface area contributed by atoms with Crippen molar-refractivity contribution >= 4 is 5.91 Å². The van der Waals surface area contributed by atoms with Crippen LogP contribution in [-0.4, -0.2) is 12.5 Å². The number of likely N-dealkylation sites (N-methyl/N-ethyl adjacent to an activating group) is 1. The van der Waals surface area contributed by atoms with Gasteiger partial charge >= 0.3 is 0 Å². The molecule has 0 spiro atoms. The highest BCUT2D eigenvalue weighted by atomic mass is 16.1. The molecule has 0 rings (SSSR count). The molecular formula is C9H14N2O. The standard InChI is InChI=1S/C9H14N2O/c1-4-11-9(12)8(3)5-7(2)6-10/h5,7H,4H2,1-3H3,(H,11,12)/b8-5+. The maximum Gasteiger partial charge on any atom is 0.246 e. The van der Waals surface area contributed by atoms with Gasteiger partial charge in [0.2, 0.25) is 5.91 Å². The van der Waals surface area contributed by atoms with E-state index in [2.05, 4.69) is 5.32 Å². The second-order valence-electron chi connectivity index (χ2n) is 2.63. The highest BCUT2D eigenvalue weighted by Gasteiger charge is 2.03. The zero-order valence-electron chi connectivity index (χ0n) is 7.72. The molecule has 0 aliphatic rings. The van der Waals surface area contributed by atoms with Crippen LogP contribution in [0.2, 0.25) is 0 Å². The van der Waals surface area contributed by atoms with Gasteiger partial charge in [-0.2, -0.15) is 5.26 Å². The van der Waals surface area contributed by atoms with Crippen molar-refractivity contribution in [1.29, 1.82) is 5.26 Å². The molecule has 0 aliphatic heterocycles. The van der Waals surface area contributed by atoms with E-state index in [-0.39, 0.29) is 11.8 Å². The Kier molecular flexibility index (Phi) is 4.78. The van der Waals surface area contributed by atoms with E-state index in [0.29, 0.717) is 12.1 Å². The molecule has 1 amide bonds. The van der Waals surface area contributed by atoms with Crippen LogP contribution in [0.3, 0.4) is 0 Å². The molecule has 0 aromatic carbocycles. The summed E-state index contributed by atoms with van der Waals surface area (Å²) in [5.41, 5.74) is 0.603. The third kappa shape index (κ3) is 3.77. The molecule has 0 fully saturated rings. The first kappa shape index (κ1) is 10.7. The zero-order valence-corrected chi connectivity index (χ0v) is 7.72. The fourth-order valence-corrected chi connectivity index (χ4v) is 0.788. The Morgan fingerprint density at radius 2 is 2.33 bits per heavy atom. The number of carbonyl (C=O) groups excluding carboxylic acids is 1. The lowest BCUT2D eigenvalue weighted by Crippen LogP contribution is -2.23. The van der Waals surface area contributed by atoms with E-state index in [0.717, 1.165) is 0 Å². The Labute approximate surface area is 73.1 Å². The number of hydrogen-bond donors (Lipinski definition) is 1. The van der Waals surface area contributed by atoms with Crippen LogP contribution >= 0.6 is 0 Å². The van der Waals surface area contributed by atoms with Crippen molar-refractivity contribution in [3.8, 4) is 6.07 Å². The van der Waals surface area contributed by atoms with Crippen molar-refractivity contribution < 1.29 is 4.79 Å². The lowest BCUT2D eigenvalue weighted by Gasteiger charge is -2.01. The van der Waals surface area contributed by atoms with Crippen LogP contribution in [0.15, 0.2) is 11.6 Å². The van der Waals surface area contributed by atoms with Gasteiger partial charge in [0.15, 0.2) is 0 Å². The first-order chi connectivity index (χ1) is 5.61. The van der Waals surface area contributed by atoms with Gasteiger partial charge in [-0.05, 0) is 20.8 Å². The van der Waals surface area contributed by atoms with Gasteiger partial charge in [0.1, 0.15) is 0 Å². The number of rotatable bonds is 3. The van der Waals surface area contributed by atoms with Crippen molar-refractivity contribution in [3.05, 3.63) is 11.6 Å². The zero-order chi connectivity index (χ0) is 9.56. The average Bonchev–Trinajstić information content (AvgIpc) is 2.04. The highest BCUT2D eigenvalue weighted by molar-refractivity contribution is 5.92. The Balaban J connectivity index is 4.19. The number of hydrogen-bond acceptors (Lipinski definition) is 2. The predicted molar refractivity (Wildman–Crippen MR) is 47.2 cm³/mol. The largest absolute Gasteiger partial charge is 0.353 e. The molecule has 0 bridgehead atoms. The van der Waals surface area contributed by atoms with Crippen LogP contribution in [-0.2, 0) is 4.79 Å². The molecule has 0 aromatic heterocycles. The predicted octanol–water partition coefficient (Wildman–Crippen LogP) is 1.23. The summed E-state index contributed by atoms with van der Waals surface area (Å²) in [6, 6.07) is 2.04. The lowest BCUT2D eigenvalue weighted by atomic mass is 10.1. The molecule has 0 radical (unpaired) electrons.